The summed E-state index contributed by atoms with van der Waals surface area (Å²) in [5, 5.41) is 8.79. The Kier molecular flexibility index (Phi) is 7.29. The van der Waals surface area contributed by atoms with Crippen LogP contribution in [-0.4, -0.2) is 41.6 Å². The Hall–Kier alpha value is -2.04. The van der Waals surface area contributed by atoms with Crippen LogP contribution in [0.3, 0.4) is 0 Å². The molecule has 0 atom stereocenters. The van der Waals surface area contributed by atoms with Gasteiger partial charge >= 0.3 is 5.97 Å². The lowest BCUT2D eigenvalue weighted by Gasteiger charge is -2.19. The predicted octanol–water partition coefficient (Wildman–Crippen LogP) is 2.48. The normalized spacial score (nSPS) is 10.2. The summed E-state index contributed by atoms with van der Waals surface area (Å²) in [7, 11) is 0. The fourth-order valence-electron chi connectivity index (χ4n) is 2.00. The lowest BCUT2D eigenvalue weighted by atomic mass is 10.2. The van der Waals surface area contributed by atoms with Crippen molar-refractivity contribution in [1.29, 1.82) is 0 Å². The maximum atomic E-state index is 11.9. The molecule has 0 radical (unpaired) electrons. The Balaban J connectivity index is 2.32. The third kappa shape index (κ3) is 6.79. The Morgan fingerprint density at radius 3 is 2.71 bits per heavy atom. The van der Waals surface area contributed by atoms with E-state index in [0.717, 1.165) is 17.7 Å². The number of carbonyl (C=O) groups is 2. The zero-order chi connectivity index (χ0) is 15.7. The molecular weight excluding hydrogens is 270 g/mol. The van der Waals surface area contributed by atoms with E-state index in [0.29, 0.717) is 26.0 Å². The van der Waals surface area contributed by atoms with E-state index in [9.17, 15) is 9.59 Å². The third-order valence-electron chi connectivity index (χ3n) is 2.97. The molecule has 0 aliphatic heterocycles. The van der Waals surface area contributed by atoms with E-state index in [1.54, 1.807) is 0 Å². The average Bonchev–Trinajstić information content (AvgIpc) is 2.42. The van der Waals surface area contributed by atoms with Gasteiger partial charge in [-0.1, -0.05) is 19.1 Å². The van der Waals surface area contributed by atoms with Crippen LogP contribution in [0.5, 0.6) is 5.75 Å². The van der Waals surface area contributed by atoms with Crippen molar-refractivity contribution in [3.8, 4) is 5.75 Å². The van der Waals surface area contributed by atoms with Crippen LogP contribution in [0.15, 0.2) is 24.3 Å². The second-order valence-electron chi connectivity index (χ2n) is 4.98. The Bertz CT molecular complexity index is 473. The lowest BCUT2D eigenvalue weighted by molar-refractivity contribution is -0.144. The number of aliphatic carboxylic acids is 1. The molecule has 0 spiro atoms. The minimum Gasteiger partial charge on any atom is -0.494 e. The summed E-state index contributed by atoms with van der Waals surface area (Å²) >= 11 is 0. The van der Waals surface area contributed by atoms with Crippen molar-refractivity contribution in [2.45, 2.75) is 33.1 Å². The highest BCUT2D eigenvalue weighted by molar-refractivity contribution is 5.81. The van der Waals surface area contributed by atoms with E-state index < -0.39 is 5.97 Å². The molecule has 0 aliphatic carbocycles. The maximum Gasteiger partial charge on any atom is 0.323 e. The molecule has 5 heteroatoms. The van der Waals surface area contributed by atoms with Crippen molar-refractivity contribution < 1.29 is 19.4 Å². The van der Waals surface area contributed by atoms with E-state index in [1.807, 2.05) is 38.1 Å². The number of carbonyl (C=O) groups excluding carboxylic acids is 1. The molecule has 0 saturated heterocycles. The molecule has 0 bridgehead atoms. The molecule has 0 aliphatic rings. The molecule has 0 heterocycles. The van der Waals surface area contributed by atoms with Gasteiger partial charge in [0.25, 0.3) is 0 Å². The first-order valence-electron chi connectivity index (χ1n) is 7.22. The summed E-state index contributed by atoms with van der Waals surface area (Å²) in [5.41, 5.74) is 1.12. The van der Waals surface area contributed by atoms with Crippen LogP contribution in [0.4, 0.5) is 0 Å². The highest BCUT2D eigenvalue weighted by atomic mass is 16.5. The molecule has 0 saturated carbocycles. The van der Waals surface area contributed by atoms with E-state index >= 15 is 0 Å². The van der Waals surface area contributed by atoms with Gasteiger partial charge in [0, 0.05) is 13.0 Å². The Morgan fingerprint density at radius 1 is 1.33 bits per heavy atom. The molecule has 5 nitrogen and oxygen atoms in total. The number of carboxylic acids is 1. The van der Waals surface area contributed by atoms with Gasteiger partial charge in [-0.3, -0.25) is 9.59 Å². The smallest absolute Gasteiger partial charge is 0.323 e. The van der Waals surface area contributed by atoms with Crippen LogP contribution in [0.25, 0.3) is 0 Å². The van der Waals surface area contributed by atoms with E-state index in [2.05, 4.69) is 0 Å². The van der Waals surface area contributed by atoms with E-state index in [4.69, 9.17) is 9.84 Å². The van der Waals surface area contributed by atoms with E-state index in [1.165, 1.54) is 4.90 Å². The number of hydrogen-bond donors (Lipinski definition) is 1. The molecule has 1 aromatic rings. The molecule has 116 valence electrons. The van der Waals surface area contributed by atoms with Crippen molar-refractivity contribution in [2.75, 3.05) is 19.7 Å². The first-order valence-corrected chi connectivity index (χ1v) is 7.22. The first-order chi connectivity index (χ1) is 10.0. The quantitative estimate of drug-likeness (QED) is 0.710. The highest BCUT2D eigenvalue weighted by Crippen LogP contribution is 2.12. The first kappa shape index (κ1) is 17.0. The summed E-state index contributed by atoms with van der Waals surface area (Å²) in [5.74, 6) is -0.321. The molecule has 0 unspecified atom stereocenters. The van der Waals surface area contributed by atoms with Crippen LogP contribution in [-0.2, 0) is 9.59 Å². The van der Waals surface area contributed by atoms with Crippen molar-refractivity contribution in [3.05, 3.63) is 29.8 Å². The van der Waals surface area contributed by atoms with Gasteiger partial charge in [-0.25, -0.2) is 0 Å². The van der Waals surface area contributed by atoms with Crippen LogP contribution in [0.1, 0.15) is 31.7 Å². The zero-order valence-electron chi connectivity index (χ0n) is 12.7. The van der Waals surface area contributed by atoms with Crippen LogP contribution in [0.2, 0.25) is 0 Å². The minimum atomic E-state index is -0.979. The molecule has 0 fully saturated rings. The van der Waals surface area contributed by atoms with Gasteiger partial charge in [0.1, 0.15) is 12.3 Å². The number of aryl methyl sites for hydroxylation is 1. The molecule has 1 N–H and O–H groups in total. The number of nitrogens with zero attached hydrogens (tertiary/aromatic N) is 1. The fourth-order valence-corrected chi connectivity index (χ4v) is 2.00. The summed E-state index contributed by atoms with van der Waals surface area (Å²) < 4.78 is 5.57. The SMILES string of the molecule is CCCN(CC(=O)O)C(=O)CCCOc1cccc(C)c1. The van der Waals surface area contributed by atoms with Gasteiger partial charge in [0.05, 0.1) is 6.61 Å². The van der Waals surface area contributed by atoms with E-state index in [-0.39, 0.29) is 12.5 Å². The van der Waals surface area contributed by atoms with Crippen LogP contribution < -0.4 is 4.74 Å². The molecule has 0 aromatic heterocycles. The van der Waals surface area contributed by atoms with Gasteiger partial charge in [0.15, 0.2) is 0 Å². The van der Waals surface area contributed by atoms with Crippen molar-refractivity contribution >= 4 is 11.9 Å². The monoisotopic (exact) mass is 293 g/mol. The maximum absolute atomic E-state index is 11.9. The summed E-state index contributed by atoms with van der Waals surface area (Å²) in [6.07, 6.45) is 1.63. The number of rotatable bonds is 9. The Labute approximate surface area is 125 Å². The highest BCUT2D eigenvalue weighted by Gasteiger charge is 2.15. The average molecular weight is 293 g/mol. The van der Waals surface area contributed by atoms with Gasteiger partial charge in [-0.15, -0.1) is 0 Å². The largest absolute Gasteiger partial charge is 0.494 e. The number of ether oxygens (including phenoxy) is 1. The van der Waals surface area contributed by atoms with Crippen molar-refractivity contribution in [1.82, 2.24) is 4.90 Å². The van der Waals surface area contributed by atoms with Crippen molar-refractivity contribution in [3.63, 3.8) is 0 Å². The van der Waals surface area contributed by atoms with Gasteiger partial charge in [-0.2, -0.15) is 0 Å². The number of hydrogen-bond acceptors (Lipinski definition) is 3. The molecule has 21 heavy (non-hydrogen) atoms. The van der Waals surface area contributed by atoms with Gasteiger partial charge < -0.3 is 14.7 Å². The molecular formula is C16H23NO4. The number of carboxylic acid groups (broad SMARTS) is 1. The summed E-state index contributed by atoms with van der Waals surface area (Å²) in [6, 6.07) is 7.73. The topological polar surface area (TPSA) is 66.8 Å². The summed E-state index contributed by atoms with van der Waals surface area (Å²) in [6.45, 7) is 4.60. The van der Waals surface area contributed by atoms with Gasteiger partial charge in [-0.05, 0) is 37.5 Å². The second-order valence-corrected chi connectivity index (χ2v) is 4.98. The molecule has 1 rings (SSSR count). The Morgan fingerprint density at radius 2 is 2.10 bits per heavy atom. The van der Waals surface area contributed by atoms with Gasteiger partial charge in [0.2, 0.25) is 5.91 Å². The third-order valence-corrected chi connectivity index (χ3v) is 2.97. The predicted molar refractivity (Wildman–Crippen MR) is 80.4 cm³/mol. The number of amides is 1. The minimum absolute atomic E-state index is 0.132. The van der Waals surface area contributed by atoms with Crippen LogP contribution >= 0.6 is 0 Å². The van der Waals surface area contributed by atoms with Crippen LogP contribution in [0, 0.1) is 6.92 Å². The fraction of sp³-hybridized carbons (Fsp3) is 0.500. The summed E-state index contributed by atoms with van der Waals surface area (Å²) in [4.78, 5) is 24.0. The molecule has 1 amide bonds. The molecule has 1 aromatic carbocycles. The zero-order valence-corrected chi connectivity index (χ0v) is 12.7. The second kappa shape index (κ2) is 9.00. The lowest BCUT2D eigenvalue weighted by Crippen LogP contribution is -2.36. The number of benzene rings is 1. The standard InChI is InChI=1S/C16H23NO4/c1-3-9-17(12-16(19)20)15(18)8-5-10-21-14-7-4-6-13(2)11-14/h4,6-7,11H,3,5,8-10,12H2,1-2H3,(H,19,20). The van der Waals surface area contributed by atoms with Crippen molar-refractivity contribution in [2.24, 2.45) is 0 Å².